The van der Waals surface area contributed by atoms with Gasteiger partial charge in [0.2, 0.25) is 0 Å². The smallest absolute Gasteiger partial charge is 0.0446 e. The van der Waals surface area contributed by atoms with Crippen LogP contribution in [0.3, 0.4) is 0 Å². The Morgan fingerprint density at radius 3 is 2.38 bits per heavy atom. The number of nitrogens with zero attached hydrogens (tertiary/aromatic N) is 1. The molecule has 0 bridgehead atoms. The largest absolute Gasteiger partial charge is 0.312 e. The van der Waals surface area contributed by atoms with Crippen molar-refractivity contribution in [1.82, 2.24) is 10.2 Å². The van der Waals surface area contributed by atoms with Gasteiger partial charge in [-0.2, -0.15) is 0 Å². The van der Waals surface area contributed by atoms with Crippen LogP contribution < -0.4 is 5.32 Å². The maximum Gasteiger partial charge on any atom is 0.0446 e. The summed E-state index contributed by atoms with van der Waals surface area (Å²) in [6.07, 6.45) is 3.99. The van der Waals surface area contributed by atoms with Crippen LogP contribution in [0.2, 0.25) is 0 Å². The molecule has 1 unspecified atom stereocenters. The second-order valence-corrected chi connectivity index (χ2v) is 7.15. The minimum Gasteiger partial charge on any atom is -0.312 e. The fourth-order valence-corrected chi connectivity index (χ4v) is 3.23. The van der Waals surface area contributed by atoms with Crippen molar-refractivity contribution in [3.05, 3.63) is 34.9 Å². The number of nitrogens with one attached hydrogen (secondary N) is 1. The van der Waals surface area contributed by atoms with Crippen LogP contribution in [0.4, 0.5) is 0 Å². The first-order chi connectivity index (χ1) is 9.97. The van der Waals surface area contributed by atoms with Gasteiger partial charge in [0.25, 0.3) is 0 Å². The highest BCUT2D eigenvalue weighted by Gasteiger charge is 2.29. The average molecular weight is 288 g/mol. The Morgan fingerprint density at radius 1 is 1.19 bits per heavy atom. The molecule has 1 fully saturated rings. The third-order valence-corrected chi connectivity index (χ3v) is 5.64. The second-order valence-electron chi connectivity index (χ2n) is 7.15. The average Bonchev–Trinajstić information content (AvgIpc) is 2.50. The number of rotatable bonds is 5. The van der Waals surface area contributed by atoms with E-state index in [9.17, 15) is 0 Å². The van der Waals surface area contributed by atoms with Gasteiger partial charge in [-0.1, -0.05) is 38.5 Å². The summed E-state index contributed by atoms with van der Waals surface area (Å²) >= 11 is 0. The number of likely N-dealkylation sites (tertiary alicyclic amines) is 1. The quantitative estimate of drug-likeness (QED) is 0.878. The van der Waals surface area contributed by atoms with E-state index in [2.05, 4.69) is 63.2 Å². The molecule has 2 heteroatoms. The van der Waals surface area contributed by atoms with E-state index in [4.69, 9.17) is 0 Å². The zero-order valence-electron chi connectivity index (χ0n) is 14.5. The second kappa shape index (κ2) is 6.93. The lowest BCUT2D eigenvalue weighted by molar-refractivity contribution is 0.107. The van der Waals surface area contributed by atoms with Crippen LogP contribution in [0, 0.1) is 19.3 Å². The van der Waals surface area contributed by atoms with Crippen LogP contribution in [0.1, 0.15) is 55.8 Å². The molecule has 1 aliphatic rings. The molecule has 1 N–H and O–H groups in total. The van der Waals surface area contributed by atoms with E-state index in [0.717, 1.165) is 6.54 Å². The third-order valence-electron chi connectivity index (χ3n) is 5.64. The minimum atomic E-state index is 0.440. The number of hydrogen-bond donors (Lipinski definition) is 1. The van der Waals surface area contributed by atoms with Crippen molar-refractivity contribution in [1.29, 1.82) is 0 Å². The van der Waals surface area contributed by atoms with Gasteiger partial charge in [-0.3, -0.25) is 0 Å². The van der Waals surface area contributed by atoms with Crippen molar-refractivity contribution >= 4 is 0 Å². The van der Waals surface area contributed by atoms with Crippen molar-refractivity contribution in [2.45, 2.75) is 53.0 Å². The maximum atomic E-state index is 3.51. The molecule has 21 heavy (non-hydrogen) atoms. The van der Waals surface area contributed by atoms with Crippen molar-refractivity contribution in [2.24, 2.45) is 5.41 Å². The highest BCUT2D eigenvalue weighted by atomic mass is 15.2. The zero-order valence-corrected chi connectivity index (χ0v) is 14.5. The van der Waals surface area contributed by atoms with Crippen LogP contribution in [-0.4, -0.2) is 31.6 Å². The van der Waals surface area contributed by atoms with Crippen LogP contribution in [0.15, 0.2) is 18.2 Å². The van der Waals surface area contributed by atoms with Gasteiger partial charge in [-0.15, -0.1) is 0 Å². The number of piperidine rings is 1. The fourth-order valence-electron chi connectivity index (χ4n) is 3.23. The van der Waals surface area contributed by atoms with Crippen LogP contribution in [0.25, 0.3) is 0 Å². The topological polar surface area (TPSA) is 15.3 Å². The molecule has 2 nitrogen and oxygen atoms in total. The van der Waals surface area contributed by atoms with Gasteiger partial charge in [0.1, 0.15) is 0 Å². The van der Waals surface area contributed by atoms with Crippen LogP contribution in [-0.2, 0) is 0 Å². The number of hydrogen-bond acceptors (Lipinski definition) is 2. The summed E-state index contributed by atoms with van der Waals surface area (Å²) in [5.41, 5.74) is 4.77. The molecule has 0 saturated carbocycles. The van der Waals surface area contributed by atoms with E-state index < -0.39 is 0 Å². The Bertz CT molecular complexity index is 459. The summed E-state index contributed by atoms with van der Waals surface area (Å²) in [7, 11) is 2.08. The van der Waals surface area contributed by atoms with E-state index >= 15 is 0 Å². The molecule has 1 aromatic rings. The molecular formula is C19H32N2. The molecule has 0 amide bonds. The maximum absolute atomic E-state index is 3.51. The summed E-state index contributed by atoms with van der Waals surface area (Å²) in [5.74, 6) is 0. The molecule has 1 atom stereocenters. The summed E-state index contributed by atoms with van der Waals surface area (Å²) in [4.78, 5) is 2.63. The Balaban J connectivity index is 1.98. The van der Waals surface area contributed by atoms with Crippen LogP contribution >= 0.6 is 0 Å². The van der Waals surface area contributed by atoms with Crippen molar-refractivity contribution in [2.75, 3.05) is 26.7 Å². The van der Waals surface area contributed by atoms with Gasteiger partial charge < -0.3 is 10.2 Å². The lowest BCUT2D eigenvalue weighted by Crippen LogP contribution is -2.42. The molecular weight excluding hydrogens is 256 g/mol. The minimum absolute atomic E-state index is 0.440. The molecule has 118 valence electrons. The highest BCUT2D eigenvalue weighted by molar-refractivity contribution is 5.31. The van der Waals surface area contributed by atoms with E-state index in [0.29, 0.717) is 11.5 Å². The standard InChI is InChI=1S/C19H32N2/c1-6-19(4)9-11-21(12-10-19)14-18(20-5)17-8-7-15(2)16(3)13-17/h7-8,13,18,20H,6,9-12,14H2,1-5H3. The molecule has 0 aromatic heterocycles. The van der Waals surface area contributed by atoms with Gasteiger partial charge in [0.05, 0.1) is 0 Å². The van der Waals surface area contributed by atoms with Crippen molar-refractivity contribution in [3.63, 3.8) is 0 Å². The Hall–Kier alpha value is -0.860. The Morgan fingerprint density at radius 2 is 1.86 bits per heavy atom. The van der Waals surface area contributed by atoms with Gasteiger partial charge in [0.15, 0.2) is 0 Å². The lowest BCUT2D eigenvalue weighted by atomic mass is 9.78. The lowest BCUT2D eigenvalue weighted by Gasteiger charge is -2.40. The van der Waals surface area contributed by atoms with Crippen molar-refractivity contribution in [3.8, 4) is 0 Å². The molecule has 1 aliphatic heterocycles. The van der Waals surface area contributed by atoms with E-state index in [1.807, 2.05) is 0 Å². The molecule has 1 aromatic carbocycles. The number of aryl methyl sites for hydroxylation is 2. The first kappa shape index (κ1) is 16.5. The fraction of sp³-hybridized carbons (Fsp3) is 0.684. The SMILES string of the molecule is CCC1(C)CCN(CC(NC)c2ccc(C)c(C)c2)CC1. The third kappa shape index (κ3) is 4.08. The molecule has 0 radical (unpaired) electrons. The van der Waals surface area contributed by atoms with Gasteiger partial charge in [-0.25, -0.2) is 0 Å². The first-order valence-electron chi connectivity index (χ1n) is 8.44. The van der Waals surface area contributed by atoms with Gasteiger partial charge in [0, 0.05) is 12.6 Å². The number of likely N-dealkylation sites (N-methyl/N-ethyl adjacent to an activating group) is 1. The predicted molar refractivity (Wildman–Crippen MR) is 91.8 cm³/mol. The molecule has 1 heterocycles. The van der Waals surface area contributed by atoms with Gasteiger partial charge in [-0.05, 0) is 68.9 Å². The van der Waals surface area contributed by atoms with Crippen LogP contribution in [0.5, 0.6) is 0 Å². The number of benzene rings is 1. The van der Waals surface area contributed by atoms with Crippen molar-refractivity contribution < 1.29 is 0 Å². The van der Waals surface area contributed by atoms with E-state index in [1.165, 1.54) is 49.0 Å². The first-order valence-corrected chi connectivity index (χ1v) is 8.44. The zero-order chi connectivity index (χ0) is 15.5. The van der Waals surface area contributed by atoms with E-state index in [-0.39, 0.29) is 0 Å². The summed E-state index contributed by atoms with van der Waals surface area (Å²) in [5, 5.41) is 3.51. The molecule has 0 aliphatic carbocycles. The monoisotopic (exact) mass is 288 g/mol. The Labute approximate surface area is 130 Å². The molecule has 0 spiro atoms. The predicted octanol–water partition coefficient (Wildman–Crippen LogP) is 4.08. The molecule has 1 saturated heterocycles. The summed E-state index contributed by atoms with van der Waals surface area (Å²) < 4.78 is 0. The van der Waals surface area contributed by atoms with E-state index in [1.54, 1.807) is 0 Å². The normalized spacial score (nSPS) is 20.4. The summed E-state index contributed by atoms with van der Waals surface area (Å²) in [6, 6.07) is 7.31. The molecule has 2 rings (SSSR count). The highest BCUT2D eigenvalue weighted by Crippen LogP contribution is 2.34. The van der Waals surface area contributed by atoms with Gasteiger partial charge >= 0.3 is 0 Å². The summed E-state index contributed by atoms with van der Waals surface area (Å²) in [6.45, 7) is 12.8. The Kier molecular flexibility index (Phi) is 5.45.